The minimum absolute atomic E-state index is 0.00579. The lowest BCUT2D eigenvalue weighted by Gasteiger charge is -2.36. The van der Waals surface area contributed by atoms with E-state index in [1.807, 2.05) is 13.8 Å². The predicted octanol–water partition coefficient (Wildman–Crippen LogP) is 2.13. The Morgan fingerprint density at radius 2 is 1.83 bits per heavy atom. The molecule has 0 radical (unpaired) electrons. The molecule has 29 heavy (non-hydrogen) atoms. The number of aryl methyl sites for hydroxylation is 2. The Morgan fingerprint density at radius 1 is 1.17 bits per heavy atom. The van der Waals surface area contributed by atoms with E-state index in [-0.39, 0.29) is 11.7 Å². The highest BCUT2D eigenvalue weighted by molar-refractivity contribution is 8.00. The number of nitrogens with zero attached hydrogens (tertiary/aromatic N) is 5. The second kappa shape index (κ2) is 9.25. The van der Waals surface area contributed by atoms with Gasteiger partial charge in [-0.3, -0.25) is 4.79 Å². The minimum Gasteiger partial charge on any atom is -0.339 e. The maximum atomic E-state index is 12.7. The zero-order valence-electron chi connectivity index (χ0n) is 17.2. The summed E-state index contributed by atoms with van der Waals surface area (Å²) in [7, 11) is -3.45. The zero-order valence-corrected chi connectivity index (χ0v) is 19.7. The highest BCUT2D eigenvalue weighted by atomic mass is 32.2. The van der Waals surface area contributed by atoms with Crippen molar-refractivity contribution in [1.29, 1.82) is 0 Å². The average Bonchev–Trinajstić information content (AvgIpc) is 3.01. The monoisotopic (exact) mass is 457 g/mol. The molecule has 1 aliphatic rings. The van der Waals surface area contributed by atoms with Crippen LogP contribution in [0, 0.1) is 13.8 Å². The van der Waals surface area contributed by atoms with Gasteiger partial charge in [0, 0.05) is 49.5 Å². The van der Waals surface area contributed by atoms with Crippen molar-refractivity contribution in [2.45, 2.75) is 32.7 Å². The molecule has 0 aromatic carbocycles. The van der Waals surface area contributed by atoms with Crippen LogP contribution in [-0.2, 0) is 15.0 Å². The lowest BCUT2D eigenvalue weighted by molar-refractivity contribution is -0.129. The SMILES string of the molecule is CCN(CC)S(=O)(=O)N1CCN(C(=O)CSc2ncnc3sc(C)c(C)c23)CC1. The van der Waals surface area contributed by atoms with Gasteiger partial charge in [0.25, 0.3) is 10.2 Å². The summed E-state index contributed by atoms with van der Waals surface area (Å²) in [6.45, 7) is 10.2. The Bertz CT molecular complexity index is 980. The Balaban J connectivity index is 1.60. The normalized spacial score (nSPS) is 16.1. The van der Waals surface area contributed by atoms with E-state index in [4.69, 9.17) is 0 Å². The van der Waals surface area contributed by atoms with Gasteiger partial charge in [0.1, 0.15) is 16.2 Å². The Hall–Kier alpha value is -1.27. The van der Waals surface area contributed by atoms with Gasteiger partial charge >= 0.3 is 0 Å². The van der Waals surface area contributed by atoms with Crippen LogP contribution in [0.1, 0.15) is 24.3 Å². The standard InChI is InChI=1S/C18H27N5O3S3/c1-5-22(6-2)29(25,26)23-9-7-21(8-10-23)15(24)11-27-17-16-13(3)14(4)28-18(16)20-12-19-17/h12H,5-11H2,1-4H3. The van der Waals surface area contributed by atoms with Gasteiger partial charge in [-0.05, 0) is 19.4 Å². The van der Waals surface area contributed by atoms with Crippen LogP contribution in [-0.4, -0.2) is 82.8 Å². The molecule has 0 bridgehead atoms. The number of hydrogen-bond acceptors (Lipinski definition) is 7. The van der Waals surface area contributed by atoms with E-state index >= 15 is 0 Å². The summed E-state index contributed by atoms with van der Waals surface area (Å²) in [5, 5.41) is 1.86. The van der Waals surface area contributed by atoms with Gasteiger partial charge in [-0.2, -0.15) is 17.0 Å². The number of carbonyl (C=O) groups excluding carboxylic acids is 1. The number of aromatic nitrogens is 2. The highest BCUT2D eigenvalue weighted by Crippen LogP contribution is 2.34. The third-order valence-corrected chi connectivity index (χ3v) is 9.49. The fourth-order valence-corrected chi connectivity index (χ4v) is 6.99. The predicted molar refractivity (Wildman–Crippen MR) is 118 cm³/mol. The van der Waals surface area contributed by atoms with Gasteiger partial charge in [0.15, 0.2) is 0 Å². The van der Waals surface area contributed by atoms with Crippen LogP contribution in [0.15, 0.2) is 11.4 Å². The molecule has 0 unspecified atom stereocenters. The first kappa shape index (κ1) is 22.4. The average molecular weight is 458 g/mol. The quantitative estimate of drug-likeness (QED) is 0.468. The van der Waals surface area contributed by atoms with E-state index in [2.05, 4.69) is 23.8 Å². The Morgan fingerprint density at radius 3 is 2.45 bits per heavy atom. The van der Waals surface area contributed by atoms with E-state index < -0.39 is 10.2 Å². The number of amides is 1. The third kappa shape index (κ3) is 4.58. The van der Waals surface area contributed by atoms with Crippen LogP contribution in [0.25, 0.3) is 10.2 Å². The summed E-state index contributed by atoms with van der Waals surface area (Å²) in [6.07, 6.45) is 1.54. The Labute approximate surface area is 180 Å². The lowest BCUT2D eigenvalue weighted by atomic mass is 10.2. The van der Waals surface area contributed by atoms with Crippen molar-refractivity contribution in [2.75, 3.05) is 45.0 Å². The van der Waals surface area contributed by atoms with Crippen LogP contribution < -0.4 is 0 Å². The van der Waals surface area contributed by atoms with Crippen molar-refractivity contribution in [1.82, 2.24) is 23.5 Å². The molecule has 11 heteroatoms. The molecule has 8 nitrogen and oxygen atoms in total. The van der Waals surface area contributed by atoms with E-state index in [1.54, 1.807) is 22.6 Å². The topological polar surface area (TPSA) is 86.7 Å². The van der Waals surface area contributed by atoms with Crippen LogP contribution in [0.4, 0.5) is 0 Å². The number of fused-ring (bicyclic) bond motifs is 1. The van der Waals surface area contributed by atoms with E-state index in [9.17, 15) is 13.2 Å². The van der Waals surface area contributed by atoms with Crippen molar-refractivity contribution < 1.29 is 13.2 Å². The fourth-order valence-electron chi connectivity index (χ4n) is 3.36. The lowest BCUT2D eigenvalue weighted by Crippen LogP contribution is -2.54. The first-order valence-corrected chi connectivity index (χ1v) is 12.9. The largest absolute Gasteiger partial charge is 0.339 e. The first-order chi connectivity index (χ1) is 13.8. The summed E-state index contributed by atoms with van der Waals surface area (Å²) < 4.78 is 28.2. The smallest absolute Gasteiger partial charge is 0.282 e. The minimum atomic E-state index is -3.45. The molecule has 1 amide bonds. The molecule has 0 spiro atoms. The van der Waals surface area contributed by atoms with Crippen LogP contribution in [0.5, 0.6) is 0 Å². The number of thiophene rings is 1. The summed E-state index contributed by atoms with van der Waals surface area (Å²) >= 11 is 3.06. The first-order valence-electron chi connectivity index (χ1n) is 9.66. The maximum absolute atomic E-state index is 12.7. The maximum Gasteiger partial charge on any atom is 0.282 e. The van der Waals surface area contributed by atoms with E-state index in [0.717, 1.165) is 20.8 Å². The molecule has 0 atom stereocenters. The fraction of sp³-hybridized carbons (Fsp3) is 0.611. The molecule has 160 valence electrons. The summed E-state index contributed by atoms with van der Waals surface area (Å²) in [5.74, 6) is 0.287. The van der Waals surface area contributed by atoms with Crippen LogP contribution in [0.2, 0.25) is 0 Å². The highest BCUT2D eigenvalue weighted by Gasteiger charge is 2.32. The number of rotatable bonds is 7. The molecule has 1 saturated heterocycles. The number of piperazine rings is 1. The number of thioether (sulfide) groups is 1. The van der Waals surface area contributed by atoms with Crippen molar-refractivity contribution in [3.05, 3.63) is 16.8 Å². The summed E-state index contributed by atoms with van der Waals surface area (Å²) in [4.78, 5) is 25.3. The molecule has 1 aliphatic heterocycles. The zero-order chi connectivity index (χ0) is 21.2. The molecule has 2 aromatic heterocycles. The van der Waals surface area contributed by atoms with Crippen LogP contribution in [0.3, 0.4) is 0 Å². The van der Waals surface area contributed by atoms with Gasteiger partial charge < -0.3 is 4.90 Å². The summed E-state index contributed by atoms with van der Waals surface area (Å²) in [6, 6.07) is 0. The molecule has 3 heterocycles. The van der Waals surface area contributed by atoms with E-state index in [1.165, 1.54) is 25.2 Å². The Kier molecular flexibility index (Phi) is 7.15. The molecule has 0 aliphatic carbocycles. The van der Waals surface area contributed by atoms with Gasteiger partial charge in [-0.1, -0.05) is 25.6 Å². The van der Waals surface area contributed by atoms with Gasteiger partial charge in [0.05, 0.1) is 5.75 Å². The third-order valence-electron chi connectivity index (χ3n) is 5.21. The molecule has 3 rings (SSSR count). The molecular formula is C18H27N5O3S3. The molecule has 2 aromatic rings. The van der Waals surface area contributed by atoms with Gasteiger partial charge in [0.2, 0.25) is 5.91 Å². The van der Waals surface area contributed by atoms with Gasteiger partial charge in [-0.25, -0.2) is 9.97 Å². The van der Waals surface area contributed by atoms with Crippen molar-refractivity contribution in [2.24, 2.45) is 0 Å². The van der Waals surface area contributed by atoms with Crippen molar-refractivity contribution in [3.8, 4) is 0 Å². The molecule has 0 N–H and O–H groups in total. The molecule has 0 saturated carbocycles. The number of hydrogen-bond donors (Lipinski definition) is 0. The summed E-state index contributed by atoms with van der Waals surface area (Å²) in [5.41, 5.74) is 1.16. The van der Waals surface area contributed by atoms with Crippen molar-refractivity contribution >= 4 is 49.4 Å². The molecular weight excluding hydrogens is 430 g/mol. The van der Waals surface area contributed by atoms with E-state index in [0.29, 0.717) is 39.3 Å². The van der Waals surface area contributed by atoms with Gasteiger partial charge in [-0.15, -0.1) is 11.3 Å². The number of carbonyl (C=O) groups is 1. The second-order valence-corrected chi connectivity index (χ2v) is 10.9. The molecule has 1 fully saturated rings. The second-order valence-electron chi connectivity index (χ2n) is 6.80. The van der Waals surface area contributed by atoms with Crippen LogP contribution >= 0.6 is 23.1 Å². The van der Waals surface area contributed by atoms with Crippen molar-refractivity contribution in [3.63, 3.8) is 0 Å².